The van der Waals surface area contributed by atoms with Gasteiger partial charge in [0.15, 0.2) is 0 Å². The second kappa shape index (κ2) is 47.0. The Bertz CT molecular complexity index is 1400. The van der Waals surface area contributed by atoms with Crippen LogP contribution in [0.3, 0.4) is 0 Å². The van der Waals surface area contributed by atoms with Crippen molar-refractivity contribution in [3.8, 4) is 0 Å². The maximum Gasteiger partial charge on any atom is 0.410 e. The van der Waals surface area contributed by atoms with Crippen LogP contribution in [0.15, 0.2) is 12.2 Å². The highest BCUT2D eigenvalue weighted by molar-refractivity contribution is 5.79. The Morgan fingerprint density at radius 2 is 0.640 bits per heavy atom. The van der Waals surface area contributed by atoms with Crippen LogP contribution in [0.25, 0.3) is 0 Å². The average Bonchev–Trinajstić information content (AvgIpc) is 3.58. The summed E-state index contributed by atoms with van der Waals surface area (Å²) in [5, 5.41) is 0. The van der Waals surface area contributed by atoms with Gasteiger partial charge in [-0.15, -0.1) is 0 Å². The van der Waals surface area contributed by atoms with E-state index in [1.54, 1.807) is 0 Å². The van der Waals surface area contributed by atoms with Crippen LogP contribution < -0.4 is 0 Å². The minimum Gasteiger partial charge on any atom is -0.465 e. The fraction of sp³-hybridized carbons (Fsp3) is 0.842. The molecule has 1 aliphatic heterocycles. The summed E-state index contributed by atoms with van der Waals surface area (Å²) in [6.07, 6.45) is 28.0. The van der Waals surface area contributed by atoms with Crippen molar-refractivity contribution in [2.45, 2.75) is 207 Å². The molecular weight excluding hydrogens is 965 g/mol. The molecule has 0 aromatic heterocycles. The van der Waals surface area contributed by atoms with Crippen molar-refractivity contribution < 1.29 is 66.7 Å². The Hall–Kier alpha value is -4.29. The van der Waals surface area contributed by atoms with Gasteiger partial charge in [-0.2, -0.15) is 0 Å². The summed E-state index contributed by atoms with van der Waals surface area (Å²) in [7, 11) is 3.69. The molecule has 18 heteroatoms. The molecule has 75 heavy (non-hydrogen) atoms. The van der Waals surface area contributed by atoms with E-state index in [1.165, 1.54) is 14.7 Å². The van der Waals surface area contributed by atoms with Gasteiger partial charge in [-0.25, -0.2) is 4.79 Å². The predicted octanol–water partition coefficient (Wildman–Crippen LogP) is 9.38. The van der Waals surface area contributed by atoms with Crippen LogP contribution in [0.1, 0.15) is 195 Å². The van der Waals surface area contributed by atoms with Crippen LogP contribution in [-0.4, -0.2) is 180 Å². The lowest BCUT2D eigenvalue weighted by molar-refractivity contribution is -0.154. The van der Waals surface area contributed by atoms with Crippen LogP contribution in [0.4, 0.5) is 4.79 Å². The van der Waals surface area contributed by atoms with Gasteiger partial charge in [-0.1, -0.05) is 168 Å². The van der Waals surface area contributed by atoms with Crippen LogP contribution in [0.2, 0.25) is 0 Å². The van der Waals surface area contributed by atoms with Crippen molar-refractivity contribution in [3.63, 3.8) is 0 Å². The third kappa shape index (κ3) is 38.8. The van der Waals surface area contributed by atoms with Gasteiger partial charge < -0.3 is 38.1 Å². The van der Waals surface area contributed by atoms with E-state index in [4.69, 9.17) is 33.2 Å². The number of likely N-dealkylation sites (N-methyl/N-ethyl adjacent to an activating group) is 1. The monoisotopic (exact) mass is 1070 g/mol. The molecule has 434 valence electrons. The third-order valence-corrected chi connectivity index (χ3v) is 12.8. The van der Waals surface area contributed by atoms with Crippen molar-refractivity contribution in [1.29, 1.82) is 0 Å². The highest BCUT2D eigenvalue weighted by atomic mass is 16.6. The van der Waals surface area contributed by atoms with E-state index in [0.717, 1.165) is 128 Å². The standard InChI is InChI=1S/C57H102N4O14/c1-7-11-15-19-23-29-36-69-51(62)41-59(42-52(63)70-37-30-24-20-16-12-8-2)45-55(66)74-47-49-33-27-28-34-50(61(49)57(68)73-40-35-58(5)6)48-75-56(67)46-60(43-53(64)71-38-31-25-21-17-13-9-3)44-54(65)72-39-32-26-22-18-14-10-4/h27-28,49-50H,7-26,29-48H2,1-6H3/t49-,50+. The summed E-state index contributed by atoms with van der Waals surface area (Å²) in [6.45, 7) is 7.31. The second-order valence-electron chi connectivity index (χ2n) is 20.2. The lowest BCUT2D eigenvalue weighted by Gasteiger charge is -2.35. The number of rotatable bonds is 47. The second-order valence-corrected chi connectivity index (χ2v) is 20.2. The molecule has 18 nitrogen and oxygen atoms in total. The van der Waals surface area contributed by atoms with Crippen LogP contribution in [-0.2, 0) is 61.9 Å². The molecule has 0 aliphatic carbocycles. The number of nitrogens with zero attached hydrogens (tertiary/aromatic N) is 4. The largest absolute Gasteiger partial charge is 0.465 e. The maximum atomic E-state index is 13.9. The molecule has 0 spiro atoms. The molecule has 0 N–H and O–H groups in total. The number of amides is 1. The molecule has 0 aromatic carbocycles. The van der Waals surface area contributed by atoms with Crippen molar-refractivity contribution >= 4 is 41.9 Å². The summed E-state index contributed by atoms with van der Waals surface area (Å²) in [5.74, 6) is -3.78. The summed E-state index contributed by atoms with van der Waals surface area (Å²) < 4.78 is 39.2. The van der Waals surface area contributed by atoms with E-state index in [1.807, 2.05) is 31.1 Å². The van der Waals surface area contributed by atoms with Crippen molar-refractivity contribution in [3.05, 3.63) is 12.2 Å². The van der Waals surface area contributed by atoms with Crippen LogP contribution in [0, 0.1) is 0 Å². The fourth-order valence-corrected chi connectivity index (χ4v) is 8.37. The Kier molecular flexibility index (Phi) is 43.0. The molecular formula is C57H102N4O14. The van der Waals surface area contributed by atoms with Gasteiger partial charge in [-0.05, 0) is 52.6 Å². The molecule has 0 saturated heterocycles. The van der Waals surface area contributed by atoms with E-state index in [2.05, 4.69) is 27.7 Å². The number of carbonyl (C=O) groups is 7. The first-order chi connectivity index (χ1) is 36.3. The summed E-state index contributed by atoms with van der Waals surface area (Å²) in [5.41, 5.74) is 0. The molecule has 0 bridgehead atoms. The predicted molar refractivity (Wildman–Crippen MR) is 290 cm³/mol. The summed E-state index contributed by atoms with van der Waals surface area (Å²) >= 11 is 0. The molecule has 1 heterocycles. The number of unbranched alkanes of at least 4 members (excludes halogenated alkanes) is 20. The summed E-state index contributed by atoms with van der Waals surface area (Å²) in [4.78, 5) is 98.9. The molecule has 1 rings (SSSR count). The lowest BCUT2D eigenvalue weighted by atomic mass is 10.1. The first kappa shape index (κ1) is 68.7. The lowest BCUT2D eigenvalue weighted by Crippen LogP contribution is -2.51. The molecule has 1 aliphatic rings. The number of hydrogen-bond donors (Lipinski definition) is 0. The van der Waals surface area contributed by atoms with Gasteiger partial charge in [0.2, 0.25) is 0 Å². The molecule has 0 unspecified atom stereocenters. The van der Waals surface area contributed by atoms with Gasteiger partial charge in [0.05, 0.1) is 77.8 Å². The first-order valence-corrected chi connectivity index (χ1v) is 29.0. The highest BCUT2D eigenvalue weighted by Crippen LogP contribution is 2.21. The maximum absolute atomic E-state index is 13.9. The Labute approximate surface area is 451 Å². The van der Waals surface area contributed by atoms with Crippen molar-refractivity contribution in [1.82, 2.24) is 19.6 Å². The average molecular weight is 1070 g/mol. The van der Waals surface area contributed by atoms with Gasteiger partial charge in [0, 0.05) is 6.54 Å². The highest BCUT2D eigenvalue weighted by Gasteiger charge is 2.35. The van der Waals surface area contributed by atoms with Gasteiger partial charge in [-0.3, -0.25) is 43.5 Å². The van der Waals surface area contributed by atoms with Gasteiger partial charge in [0.25, 0.3) is 0 Å². The van der Waals surface area contributed by atoms with Crippen molar-refractivity contribution in [2.24, 2.45) is 0 Å². The van der Waals surface area contributed by atoms with E-state index < -0.39 is 67.1 Å². The minimum absolute atomic E-state index is 0.0620. The van der Waals surface area contributed by atoms with Gasteiger partial charge >= 0.3 is 41.9 Å². The SMILES string of the molecule is CCCCCCCCOC(=O)CN(CC(=O)OCCCCCCCC)CC(=O)OC[C@H]1CC=CC[C@@H](COC(=O)CN(CC(=O)OCCCCCCCC)CC(=O)OCCCCCCCC)N1C(=O)OCCN(C)C. The minimum atomic E-state index is -0.749. The molecule has 0 saturated carbocycles. The van der Waals surface area contributed by atoms with Crippen LogP contribution in [0.5, 0.6) is 0 Å². The van der Waals surface area contributed by atoms with E-state index in [0.29, 0.717) is 32.2 Å². The molecule has 2 atom stereocenters. The fourth-order valence-electron chi connectivity index (χ4n) is 8.37. The molecule has 1 amide bonds. The van der Waals surface area contributed by atoms with Crippen LogP contribution >= 0.6 is 0 Å². The smallest absolute Gasteiger partial charge is 0.410 e. The molecule has 0 fully saturated rings. The van der Waals surface area contributed by atoms with E-state index >= 15 is 0 Å². The van der Waals surface area contributed by atoms with Crippen molar-refractivity contribution in [2.75, 3.05) is 106 Å². The Balaban J connectivity index is 3.12. The van der Waals surface area contributed by atoms with E-state index in [-0.39, 0.29) is 85.3 Å². The van der Waals surface area contributed by atoms with E-state index in [9.17, 15) is 33.6 Å². The number of hydrogen-bond acceptors (Lipinski definition) is 17. The topological polar surface area (TPSA) is 197 Å². The van der Waals surface area contributed by atoms with Gasteiger partial charge in [0.1, 0.15) is 19.8 Å². The zero-order valence-electron chi connectivity index (χ0n) is 47.6. The Morgan fingerprint density at radius 1 is 0.373 bits per heavy atom. The molecule has 0 aromatic rings. The normalized spacial score (nSPS) is 14.4. The quantitative estimate of drug-likeness (QED) is 0.0242. The third-order valence-electron chi connectivity index (χ3n) is 12.8. The number of carbonyl (C=O) groups excluding carboxylic acids is 7. The zero-order valence-corrected chi connectivity index (χ0v) is 47.6. The first-order valence-electron chi connectivity index (χ1n) is 29.0. The molecule has 0 radical (unpaired) electrons. The Morgan fingerprint density at radius 3 is 0.920 bits per heavy atom. The zero-order chi connectivity index (χ0) is 55.2. The number of ether oxygens (including phenoxy) is 7. The number of esters is 6. The summed E-state index contributed by atoms with van der Waals surface area (Å²) in [6, 6.07) is -1.50.